The van der Waals surface area contributed by atoms with E-state index in [9.17, 15) is 0 Å². The summed E-state index contributed by atoms with van der Waals surface area (Å²) >= 11 is 0. The van der Waals surface area contributed by atoms with Crippen LogP contribution in [0.4, 0.5) is 0 Å². The molecule has 1 aliphatic carbocycles. The Morgan fingerprint density at radius 3 is 1.75 bits per heavy atom. The van der Waals surface area contributed by atoms with Gasteiger partial charge >= 0.3 is 0 Å². The maximum atomic E-state index is 6.55. The van der Waals surface area contributed by atoms with Gasteiger partial charge in [0.1, 0.15) is 11.3 Å². The van der Waals surface area contributed by atoms with Gasteiger partial charge in [0.2, 0.25) is 0 Å². The maximum absolute atomic E-state index is 6.55. The van der Waals surface area contributed by atoms with Crippen molar-refractivity contribution in [3.8, 4) is 55.8 Å². The van der Waals surface area contributed by atoms with Crippen molar-refractivity contribution >= 4 is 50.7 Å². The van der Waals surface area contributed by atoms with Crippen LogP contribution in [-0.2, 0) is 5.41 Å². The quantitative estimate of drug-likeness (QED) is 0.147. The van der Waals surface area contributed by atoms with E-state index in [1.807, 2.05) is 19.9 Å². The molecule has 0 spiro atoms. The molecule has 8 aromatic carbocycles. The van der Waals surface area contributed by atoms with Crippen LogP contribution in [0.3, 0.4) is 0 Å². The minimum absolute atomic E-state index is 0.215. The van der Waals surface area contributed by atoms with E-state index in [-0.39, 0.29) is 5.41 Å². The van der Waals surface area contributed by atoms with E-state index in [2.05, 4.69) is 211 Å². The Balaban J connectivity index is 0.00000235. The molecule has 0 bridgehead atoms. The van der Waals surface area contributed by atoms with Crippen LogP contribution < -0.4 is 0 Å². The molecule has 0 atom stereocenters. The summed E-state index contributed by atoms with van der Waals surface area (Å²) in [6.07, 6.45) is 10.6. The van der Waals surface area contributed by atoms with Gasteiger partial charge in [-0.1, -0.05) is 174 Å². The third-order valence-electron chi connectivity index (χ3n) is 12.6. The summed E-state index contributed by atoms with van der Waals surface area (Å²) in [5.74, 6) is 1.00. The molecule has 0 saturated carbocycles. The standard InChI is InChI=1S/C58H46O.C2H6/c1-7-17-38-27-28-39(31-37(38)9-3)41-32-42(45-25-16-19-36(4)44(45)18-8-2)34-43(33-41)55-48-22-12-10-20-46(48)54(47-21-11-13-23-49(47)55)40-29-30-50-52(35-40)58(5,6)56-51-24-14-15-26-53(51)59-57(50)56;1-2/h7-35H,3H2,1-2,4-6H3;1-2H3/b17-7-,18-8-;. The van der Waals surface area contributed by atoms with Gasteiger partial charge in [-0.2, -0.15) is 0 Å². The third kappa shape index (κ3) is 6.48. The summed E-state index contributed by atoms with van der Waals surface area (Å²) in [7, 11) is 0. The van der Waals surface area contributed by atoms with Crippen LogP contribution in [-0.4, -0.2) is 0 Å². The van der Waals surface area contributed by atoms with Crippen molar-refractivity contribution in [2.75, 3.05) is 0 Å². The van der Waals surface area contributed by atoms with Crippen molar-refractivity contribution in [2.45, 2.75) is 53.9 Å². The number of rotatable bonds is 7. The molecule has 0 amide bonds. The molecule has 0 radical (unpaired) electrons. The van der Waals surface area contributed by atoms with Crippen LogP contribution in [0.15, 0.2) is 169 Å². The molecule has 0 aliphatic heterocycles. The number of hydrogen-bond acceptors (Lipinski definition) is 1. The number of allylic oxidation sites excluding steroid dienone is 2. The summed E-state index contributed by atoms with van der Waals surface area (Å²) < 4.78 is 6.55. The Hall–Kier alpha value is -6.96. The normalized spacial score (nSPS) is 12.9. The first-order valence-electron chi connectivity index (χ1n) is 21.7. The molecule has 61 heavy (non-hydrogen) atoms. The number of furan rings is 1. The fraction of sp³-hybridized carbons (Fsp3) is 0.133. The van der Waals surface area contributed by atoms with Gasteiger partial charge < -0.3 is 4.42 Å². The van der Waals surface area contributed by atoms with Gasteiger partial charge in [0, 0.05) is 21.9 Å². The minimum Gasteiger partial charge on any atom is -0.456 e. The van der Waals surface area contributed by atoms with Crippen molar-refractivity contribution in [3.05, 3.63) is 198 Å². The zero-order chi connectivity index (χ0) is 42.4. The Kier molecular flexibility index (Phi) is 10.3. The van der Waals surface area contributed by atoms with E-state index in [1.165, 1.54) is 93.7 Å². The van der Waals surface area contributed by atoms with Crippen LogP contribution in [0.25, 0.3) is 107 Å². The minimum atomic E-state index is -0.215. The number of para-hydroxylation sites is 1. The topological polar surface area (TPSA) is 13.1 Å². The van der Waals surface area contributed by atoms with Crippen molar-refractivity contribution in [1.82, 2.24) is 0 Å². The Bertz CT molecular complexity index is 3180. The Morgan fingerprint density at radius 2 is 1.10 bits per heavy atom. The highest BCUT2D eigenvalue weighted by Gasteiger charge is 2.40. The van der Waals surface area contributed by atoms with E-state index in [1.54, 1.807) is 0 Å². The highest BCUT2D eigenvalue weighted by Crippen LogP contribution is 2.54. The Labute approximate surface area is 361 Å². The first-order valence-corrected chi connectivity index (χ1v) is 21.7. The summed E-state index contributed by atoms with van der Waals surface area (Å²) in [6.45, 7) is 19.2. The van der Waals surface area contributed by atoms with E-state index in [0.29, 0.717) is 0 Å². The first kappa shape index (κ1) is 39.5. The first-order chi connectivity index (χ1) is 29.8. The maximum Gasteiger partial charge on any atom is 0.139 e. The highest BCUT2D eigenvalue weighted by atomic mass is 16.3. The summed E-state index contributed by atoms with van der Waals surface area (Å²) in [4.78, 5) is 0. The molecule has 0 unspecified atom stereocenters. The monoisotopic (exact) mass is 788 g/mol. The lowest BCUT2D eigenvalue weighted by atomic mass is 9.79. The van der Waals surface area contributed by atoms with E-state index < -0.39 is 0 Å². The molecule has 1 heterocycles. The molecule has 1 nitrogen and oxygen atoms in total. The zero-order valence-electron chi connectivity index (χ0n) is 36.4. The second-order valence-electron chi connectivity index (χ2n) is 16.4. The number of hydrogen-bond donors (Lipinski definition) is 0. The molecule has 1 aliphatic rings. The SMILES string of the molecule is C=Cc1cc(-c2cc(-c3cccc(C)c3/C=C\C)cc(-c3c4ccccc4c(-c4ccc5c(c4)C(C)(C)c4c-5oc5ccccc45)c4ccccc34)c2)ccc1/C=C\C.CC. The van der Waals surface area contributed by atoms with Gasteiger partial charge in [0.05, 0.1) is 0 Å². The molecule has 0 fully saturated rings. The lowest BCUT2D eigenvalue weighted by Crippen LogP contribution is -2.15. The predicted octanol–water partition coefficient (Wildman–Crippen LogP) is 17.8. The fourth-order valence-corrected chi connectivity index (χ4v) is 9.83. The van der Waals surface area contributed by atoms with Gasteiger partial charge in [0.15, 0.2) is 0 Å². The molecule has 298 valence electrons. The molecule has 10 rings (SSSR count). The Morgan fingerprint density at radius 1 is 0.508 bits per heavy atom. The average Bonchev–Trinajstić information content (AvgIpc) is 3.79. The van der Waals surface area contributed by atoms with Crippen LogP contribution in [0, 0.1) is 6.92 Å². The van der Waals surface area contributed by atoms with E-state index in [0.717, 1.165) is 28.0 Å². The highest BCUT2D eigenvalue weighted by molar-refractivity contribution is 6.22. The van der Waals surface area contributed by atoms with E-state index in [4.69, 9.17) is 4.42 Å². The number of aryl methyl sites for hydroxylation is 1. The molecule has 1 heteroatoms. The van der Waals surface area contributed by atoms with Crippen LogP contribution in [0.2, 0.25) is 0 Å². The summed E-state index contributed by atoms with van der Waals surface area (Å²) in [5.41, 5.74) is 18.9. The second kappa shape index (κ2) is 15.9. The van der Waals surface area contributed by atoms with Crippen molar-refractivity contribution < 1.29 is 4.42 Å². The van der Waals surface area contributed by atoms with Crippen LogP contribution >= 0.6 is 0 Å². The second-order valence-corrected chi connectivity index (χ2v) is 16.4. The molecular formula is C60H52O. The number of benzene rings is 8. The van der Waals surface area contributed by atoms with Crippen molar-refractivity contribution in [3.63, 3.8) is 0 Å². The van der Waals surface area contributed by atoms with E-state index >= 15 is 0 Å². The lowest BCUT2D eigenvalue weighted by molar-refractivity contribution is 0.619. The molecule has 9 aromatic rings. The van der Waals surface area contributed by atoms with Gasteiger partial charge in [0.25, 0.3) is 0 Å². The van der Waals surface area contributed by atoms with Gasteiger partial charge in [-0.15, -0.1) is 0 Å². The predicted molar refractivity (Wildman–Crippen MR) is 266 cm³/mol. The lowest BCUT2D eigenvalue weighted by Gasteiger charge is -2.23. The largest absolute Gasteiger partial charge is 0.456 e. The smallest absolute Gasteiger partial charge is 0.139 e. The van der Waals surface area contributed by atoms with Gasteiger partial charge in [-0.25, -0.2) is 0 Å². The fourth-order valence-electron chi connectivity index (χ4n) is 9.83. The molecular weight excluding hydrogens is 737 g/mol. The summed E-state index contributed by atoms with van der Waals surface area (Å²) in [6, 6.07) is 54.0. The van der Waals surface area contributed by atoms with Crippen LogP contribution in [0.1, 0.15) is 74.9 Å². The van der Waals surface area contributed by atoms with Crippen LogP contribution in [0.5, 0.6) is 0 Å². The van der Waals surface area contributed by atoms with Crippen molar-refractivity contribution in [2.24, 2.45) is 0 Å². The molecule has 1 aromatic heterocycles. The van der Waals surface area contributed by atoms with Crippen molar-refractivity contribution in [1.29, 1.82) is 0 Å². The molecule has 0 N–H and O–H groups in total. The number of fused-ring (bicyclic) bond motifs is 7. The summed E-state index contributed by atoms with van der Waals surface area (Å²) in [5, 5.41) is 6.14. The molecule has 0 saturated heterocycles. The average molecular weight is 789 g/mol. The van der Waals surface area contributed by atoms with Gasteiger partial charge in [-0.3, -0.25) is 0 Å². The zero-order valence-corrected chi connectivity index (χ0v) is 36.4. The van der Waals surface area contributed by atoms with Gasteiger partial charge in [-0.05, 0) is 151 Å². The third-order valence-corrected chi connectivity index (χ3v) is 12.6.